The molecule has 1 unspecified atom stereocenters. The highest BCUT2D eigenvalue weighted by Gasteiger charge is 2.32. The Morgan fingerprint density at radius 3 is 2.47 bits per heavy atom. The molecular weight excluding hydrogens is 402 g/mol. The molecule has 1 N–H and O–H groups in total. The lowest BCUT2D eigenvalue weighted by Crippen LogP contribution is -2.48. The van der Waals surface area contributed by atoms with Gasteiger partial charge in [-0.25, -0.2) is 4.79 Å². The van der Waals surface area contributed by atoms with Crippen molar-refractivity contribution in [2.75, 3.05) is 33.9 Å². The molecule has 6 heteroatoms. The van der Waals surface area contributed by atoms with E-state index in [2.05, 4.69) is 41.4 Å². The molecule has 2 amide bonds. The lowest BCUT2D eigenvalue weighted by Gasteiger charge is -2.34. The fraction of sp³-hybridized carbons (Fsp3) is 0.500. The van der Waals surface area contributed by atoms with E-state index >= 15 is 0 Å². The normalized spacial score (nSPS) is 19.7. The number of nitrogens with one attached hydrogen (secondary N) is 1. The van der Waals surface area contributed by atoms with E-state index in [0.717, 1.165) is 57.4 Å². The van der Waals surface area contributed by atoms with Gasteiger partial charge in [0.2, 0.25) is 0 Å². The molecule has 4 rings (SSSR count). The van der Waals surface area contributed by atoms with E-state index in [1.807, 2.05) is 23.1 Å². The van der Waals surface area contributed by atoms with E-state index in [0.29, 0.717) is 11.5 Å². The second-order valence-electron chi connectivity index (χ2n) is 8.89. The average molecular weight is 438 g/mol. The van der Waals surface area contributed by atoms with Gasteiger partial charge in [0, 0.05) is 32.2 Å². The van der Waals surface area contributed by atoms with Crippen LogP contribution in [-0.4, -0.2) is 55.7 Å². The zero-order valence-corrected chi connectivity index (χ0v) is 19.5. The van der Waals surface area contributed by atoms with Crippen LogP contribution >= 0.6 is 0 Å². The van der Waals surface area contributed by atoms with Crippen LogP contribution in [0.4, 0.5) is 4.79 Å². The van der Waals surface area contributed by atoms with Crippen molar-refractivity contribution in [3.63, 3.8) is 0 Å². The van der Waals surface area contributed by atoms with Gasteiger partial charge in [-0.05, 0) is 61.4 Å². The number of methoxy groups -OCH3 is 2. The fourth-order valence-electron chi connectivity index (χ4n) is 4.94. The highest BCUT2D eigenvalue weighted by atomic mass is 16.5. The third-order valence-electron chi connectivity index (χ3n) is 6.88. The van der Waals surface area contributed by atoms with Crippen LogP contribution < -0.4 is 14.8 Å². The smallest absolute Gasteiger partial charge is 0.318 e. The maximum Gasteiger partial charge on any atom is 0.318 e. The standard InChI is InChI=1S/C26H35N3O3/c1-19-7-4-5-8-21(19)18-28-15-12-22(13-16-28)27-26(30)29-14-6-9-23(29)20-10-11-24(31-2)25(17-20)32-3/h4-5,7-8,10-11,17,22-23H,6,9,12-16,18H2,1-3H3,(H,27,30). The minimum Gasteiger partial charge on any atom is -0.493 e. The van der Waals surface area contributed by atoms with Crippen LogP contribution in [0.15, 0.2) is 42.5 Å². The summed E-state index contributed by atoms with van der Waals surface area (Å²) in [6, 6.07) is 14.9. The molecule has 2 aliphatic heterocycles. The minimum absolute atomic E-state index is 0.0552. The molecule has 6 nitrogen and oxygen atoms in total. The topological polar surface area (TPSA) is 54.0 Å². The Morgan fingerprint density at radius 2 is 1.75 bits per heavy atom. The Kier molecular flexibility index (Phi) is 7.20. The van der Waals surface area contributed by atoms with E-state index in [4.69, 9.17) is 9.47 Å². The molecule has 2 aliphatic rings. The van der Waals surface area contributed by atoms with Crippen molar-refractivity contribution >= 4 is 6.03 Å². The van der Waals surface area contributed by atoms with Crippen molar-refractivity contribution < 1.29 is 14.3 Å². The van der Waals surface area contributed by atoms with Gasteiger partial charge in [-0.15, -0.1) is 0 Å². The number of hydrogen-bond acceptors (Lipinski definition) is 4. The molecule has 0 saturated carbocycles. The predicted molar refractivity (Wildman–Crippen MR) is 126 cm³/mol. The summed E-state index contributed by atoms with van der Waals surface area (Å²) in [4.78, 5) is 17.6. The quantitative estimate of drug-likeness (QED) is 0.722. The molecule has 2 heterocycles. The van der Waals surface area contributed by atoms with Gasteiger partial charge in [0.25, 0.3) is 0 Å². The first kappa shape index (κ1) is 22.5. The van der Waals surface area contributed by atoms with E-state index in [1.54, 1.807) is 14.2 Å². The summed E-state index contributed by atoms with van der Waals surface area (Å²) in [5.41, 5.74) is 3.84. The number of hydrogen-bond donors (Lipinski definition) is 1. The van der Waals surface area contributed by atoms with Gasteiger partial charge in [0.1, 0.15) is 0 Å². The summed E-state index contributed by atoms with van der Waals surface area (Å²) in [6.45, 7) is 5.97. The zero-order chi connectivity index (χ0) is 22.5. The van der Waals surface area contributed by atoms with E-state index in [9.17, 15) is 4.79 Å². The van der Waals surface area contributed by atoms with E-state index in [1.165, 1.54) is 11.1 Å². The molecule has 0 aromatic heterocycles. The molecule has 0 radical (unpaired) electrons. The highest BCUT2D eigenvalue weighted by Crippen LogP contribution is 2.37. The van der Waals surface area contributed by atoms with Crippen molar-refractivity contribution in [2.24, 2.45) is 0 Å². The van der Waals surface area contributed by atoms with Crippen LogP contribution in [0.3, 0.4) is 0 Å². The zero-order valence-electron chi connectivity index (χ0n) is 19.5. The SMILES string of the molecule is COc1ccc(C2CCCN2C(=O)NC2CCN(Cc3ccccc3C)CC2)cc1OC. The number of carbonyl (C=O) groups excluding carboxylic acids is 1. The number of carbonyl (C=O) groups is 1. The van der Waals surface area contributed by atoms with E-state index < -0.39 is 0 Å². The molecule has 0 spiro atoms. The number of rotatable bonds is 6. The van der Waals surface area contributed by atoms with Crippen LogP contribution in [0, 0.1) is 6.92 Å². The van der Waals surface area contributed by atoms with Crippen LogP contribution in [0.25, 0.3) is 0 Å². The van der Waals surface area contributed by atoms with Gasteiger partial charge >= 0.3 is 6.03 Å². The number of piperidine rings is 1. The molecule has 32 heavy (non-hydrogen) atoms. The monoisotopic (exact) mass is 437 g/mol. The lowest BCUT2D eigenvalue weighted by atomic mass is 10.0. The molecule has 1 atom stereocenters. The van der Waals surface area contributed by atoms with Crippen molar-refractivity contribution in [1.29, 1.82) is 0 Å². The van der Waals surface area contributed by atoms with Crippen LogP contribution in [0.2, 0.25) is 0 Å². The second kappa shape index (κ2) is 10.3. The Hall–Kier alpha value is -2.73. The Morgan fingerprint density at radius 1 is 1.00 bits per heavy atom. The van der Waals surface area contributed by atoms with Gasteiger partial charge in [0.15, 0.2) is 11.5 Å². The molecule has 0 aliphatic carbocycles. The van der Waals surface area contributed by atoms with Gasteiger partial charge in [-0.3, -0.25) is 4.90 Å². The van der Waals surface area contributed by atoms with Gasteiger partial charge in [-0.2, -0.15) is 0 Å². The highest BCUT2D eigenvalue weighted by molar-refractivity contribution is 5.75. The first-order valence-corrected chi connectivity index (χ1v) is 11.6. The maximum absolute atomic E-state index is 13.1. The number of amides is 2. The Bertz CT molecular complexity index is 924. The number of nitrogens with zero attached hydrogens (tertiary/aromatic N) is 2. The molecule has 0 bridgehead atoms. The number of urea groups is 1. The summed E-state index contributed by atoms with van der Waals surface area (Å²) >= 11 is 0. The minimum atomic E-state index is 0.0552. The summed E-state index contributed by atoms with van der Waals surface area (Å²) in [5, 5.41) is 3.31. The predicted octanol–water partition coefficient (Wildman–Crippen LogP) is 4.52. The van der Waals surface area contributed by atoms with Gasteiger partial charge < -0.3 is 19.7 Å². The van der Waals surface area contributed by atoms with Crippen LogP contribution in [0.5, 0.6) is 11.5 Å². The maximum atomic E-state index is 13.1. The third-order valence-corrected chi connectivity index (χ3v) is 6.88. The van der Waals surface area contributed by atoms with Crippen LogP contribution in [-0.2, 0) is 6.54 Å². The van der Waals surface area contributed by atoms with Crippen molar-refractivity contribution in [1.82, 2.24) is 15.1 Å². The fourth-order valence-corrected chi connectivity index (χ4v) is 4.94. The summed E-state index contributed by atoms with van der Waals surface area (Å²) in [5.74, 6) is 1.42. The molecule has 2 saturated heterocycles. The average Bonchev–Trinajstić information content (AvgIpc) is 3.31. The van der Waals surface area contributed by atoms with Crippen molar-refractivity contribution in [3.8, 4) is 11.5 Å². The van der Waals surface area contributed by atoms with Crippen LogP contribution in [0.1, 0.15) is 48.4 Å². The summed E-state index contributed by atoms with van der Waals surface area (Å²) in [7, 11) is 3.28. The number of likely N-dealkylation sites (tertiary alicyclic amines) is 2. The van der Waals surface area contributed by atoms with Crippen molar-refractivity contribution in [3.05, 3.63) is 59.2 Å². The largest absolute Gasteiger partial charge is 0.493 e. The number of ether oxygens (including phenoxy) is 2. The van der Waals surface area contributed by atoms with E-state index in [-0.39, 0.29) is 18.1 Å². The molecule has 2 fully saturated rings. The Balaban J connectivity index is 1.32. The lowest BCUT2D eigenvalue weighted by molar-refractivity contribution is 0.166. The third kappa shape index (κ3) is 5.01. The number of aryl methyl sites for hydroxylation is 1. The number of benzene rings is 2. The summed E-state index contributed by atoms with van der Waals surface area (Å²) < 4.78 is 10.8. The summed E-state index contributed by atoms with van der Waals surface area (Å²) in [6.07, 6.45) is 3.97. The van der Waals surface area contributed by atoms with Gasteiger partial charge in [-0.1, -0.05) is 30.3 Å². The molecular formula is C26H35N3O3. The molecule has 2 aromatic carbocycles. The second-order valence-corrected chi connectivity index (χ2v) is 8.89. The molecule has 2 aromatic rings. The van der Waals surface area contributed by atoms with Gasteiger partial charge in [0.05, 0.1) is 20.3 Å². The van der Waals surface area contributed by atoms with Crippen molar-refractivity contribution in [2.45, 2.75) is 51.2 Å². The molecule has 172 valence electrons. The Labute approximate surface area is 191 Å². The first-order valence-electron chi connectivity index (χ1n) is 11.6. The first-order chi connectivity index (χ1) is 15.6.